The summed E-state index contributed by atoms with van der Waals surface area (Å²) >= 11 is 7.59. The predicted octanol–water partition coefficient (Wildman–Crippen LogP) is 3.68. The van der Waals surface area contributed by atoms with Crippen molar-refractivity contribution in [3.05, 3.63) is 28.8 Å². The molecule has 0 aliphatic carbocycles. The molecule has 0 bridgehead atoms. The molecule has 116 valence electrons. The molecule has 0 aliphatic rings. The SMILES string of the molecule is CSc1ccc(Cl)c(C(=O)NC(C)(CC(=O)O)C(C)C)c1. The fourth-order valence-corrected chi connectivity index (χ4v) is 2.48. The van der Waals surface area contributed by atoms with Crippen LogP contribution in [0, 0.1) is 5.92 Å². The third kappa shape index (κ3) is 4.64. The molecule has 6 heteroatoms. The van der Waals surface area contributed by atoms with Gasteiger partial charge in [-0.2, -0.15) is 0 Å². The number of hydrogen-bond acceptors (Lipinski definition) is 3. The highest BCUT2D eigenvalue weighted by Crippen LogP contribution is 2.26. The molecule has 1 amide bonds. The first kappa shape index (κ1) is 17.9. The van der Waals surface area contributed by atoms with Crippen LogP contribution in [0.4, 0.5) is 0 Å². The van der Waals surface area contributed by atoms with Gasteiger partial charge in [-0.25, -0.2) is 0 Å². The number of carbonyl (C=O) groups is 2. The highest BCUT2D eigenvalue weighted by Gasteiger charge is 2.33. The van der Waals surface area contributed by atoms with Crippen molar-refractivity contribution >= 4 is 35.2 Å². The Labute approximate surface area is 134 Å². The largest absolute Gasteiger partial charge is 0.481 e. The summed E-state index contributed by atoms with van der Waals surface area (Å²) in [6.07, 6.45) is 1.77. The molecule has 4 nitrogen and oxygen atoms in total. The third-order valence-corrected chi connectivity index (χ3v) is 4.66. The summed E-state index contributed by atoms with van der Waals surface area (Å²) in [7, 11) is 0. The van der Waals surface area contributed by atoms with Gasteiger partial charge in [-0.15, -0.1) is 11.8 Å². The highest BCUT2D eigenvalue weighted by molar-refractivity contribution is 7.98. The van der Waals surface area contributed by atoms with Crippen LogP contribution in [0.15, 0.2) is 23.1 Å². The number of halogens is 1. The minimum Gasteiger partial charge on any atom is -0.481 e. The number of carbonyl (C=O) groups excluding carboxylic acids is 1. The zero-order valence-electron chi connectivity index (χ0n) is 12.6. The van der Waals surface area contributed by atoms with Gasteiger partial charge >= 0.3 is 5.97 Å². The van der Waals surface area contributed by atoms with E-state index in [0.29, 0.717) is 10.6 Å². The second-order valence-electron chi connectivity index (χ2n) is 5.44. The maximum absolute atomic E-state index is 12.4. The molecule has 1 unspecified atom stereocenters. The Bertz CT molecular complexity index is 548. The Morgan fingerprint density at radius 3 is 2.52 bits per heavy atom. The number of aliphatic carboxylic acids is 1. The fraction of sp³-hybridized carbons (Fsp3) is 0.467. The van der Waals surface area contributed by atoms with Crippen LogP contribution in [-0.4, -0.2) is 28.8 Å². The van der Waals surface area contributed by atoms with Gasteiger partial charge in [0.05, 0.1) is 22.5 Å². The van der Waals surface area contributed by atoms with E-state index in [-0.39, 0.29) is 18.2 Å². The summed E-state index contributed by atoms with van der Waals surface area (Å²) in [6.45, 7) is 5.49. The van der Waals surface area contributed by atoms with Crippen molar-refractivity contribution < 1.29 is 14.7 Å². The van der Waals surface area contributed by atoms with Crippen molar-refractivity contribution in [3.63, 3.8) is 0 Å². The van der Waals surface area contributed by atoms with E-state index >= 15 is 0 Å². The average Bonchev–Trinajstić information content (AvgIpc) is 2.37. The Hall–Kier alpha value is -1.20. The van der Waals surface area contributed by atoms with Gasteiger partial charge in [0.15, 0.2) is 0 Å². The molecule has 0 heterocycles. The molecule has 0 aliphatic heterocycles. The molecule has 21 heavy (non-hydrogen) atoms. The Balaban J connectivity index is 3.05. The lowest BCUT2D eigenvalue weighted by molar-refractivity contribution is -0.138. The van der Waals surface area contributed by atoms with Crippen molar-refractivity contribution in [2.45, 2.75) is 37.6 Å². The van der Waals surface area contributed by atoms with Crippen LogP contribution < -0.4 is 5.32 Å². The molecular formula is C15H20ClNO3S. The minimum atomic E-state index is -0.949. The first-order valence-electron chi connectivity index (χ1n) is 6.57. The maximum atomic E-state index is 12.4. The summed E-state index contributed by atoms with van der Waals surface area (Å²) in [5, 5.41) is 12.2. The van der Waals surface area contributed by atoms with E-state index in [4.69, 9.17) is 16.7 Å². The standard InChI is InChI=1S/C15H20ClNO3S/c1-9(2)15(3,8-13(18)19)17-14(20)11-7-10(21-4)5-6-12(11)16/h5-7,9H,8H2,1-4H3,(H,17,20)(H,18,19). The second kappa shape index (κ2) is 7.18. The molecule has 1 aromatic rings. The van der Waals surface area contributed by atoms with E-state index < -0.39 is 11.5 Å². The lowest BCUT2D eigenvalue weighted by atomic mass is 9.85. The van der Waals surface area contributed by atoms with Gasteiger partial charge in [0, 0.05) is 4.90 Å². The van der Waals surface area contributed by atoms with Gasteiger partial charge in [-0.3, -0.25) is 9.59 Å². The zero-order chi connectivity index (χ0) is 16.2. The third-order valence-electron chi connectivity index (χ3n) is 3.61. The van der Waals surface area contributed by atoms with Gasteiger partial charge < -0.3 is 10.4 Å². The first-order valence-corrected chi connectivity index (χ1v) is 8.17. The van der Waals surface area contributed by atoms with E-state index in [1.807, 2.05) is 26.2 Å². The molecule has 2 N–H and O–H groups in total. The molecule has 0 spiro atoms. The van der Waals surface area contributed by atoms with Crippen LogP contribution >= 0.6 is 23.4 Å². The molecule has 0 fully saturated rings. The smallest absolute Gasteiger partial charge is 0.305 e. The van der Waals surface area contributed by atoms with Gasteiger partial charge in [-0.05, 0) is 37.3 Å². The van der Waals surface area contributed by atoms with E-state index in [1.165, 1.54) is 11.8 Å². The summed E-state index contributed by atoms with van der Waals surface area (Å²) in [5.41, 5.74) is -0.470. The van der Waals surface area contributed by atoms with E-state index in [2.05, 4.69) is 5.32 Å². The lowest BCUT2D eigenvalue weighted by Gasteiger charge is -2.33. The maximum Gasteiger partial charge on any atom is 0.305 e. The zero-order valence-corrected chi connectivity index (χ0v) is 14.1. The predicted molar refractivity (Wildman–Crippen MR) is 86.2 cm³/mol. The molecular weight excluding hydrogens is 310 g/mol. The van der Waals surface area contributed by atoms with Gasteiger partial charge in [0.2, 0.25) is 0 Å². The van der Waals surface area contributed by atoms with Gasteiger partial charge in [-0.1, -0.05) is 25.4 Å². The fourth-order valence-electron chi connectivity index (χ4n) is 1.84. The van der Waals surface area contributed by atoms with Crippen molar-refractivity contribution in [2.75, 3.05) is 6.26 Å². The van der Waals surface area contributed by atoms with Crippen molar-refractivity contribution in [1.29, 1.82) is 0 Å². The summed E-state index contributed by atoms with van der Waals surface area (Å²) in [6, 6.07) is 5.22. The molecule has 1 atom stereocenters. The molecule has 0 saturated heterocycles. The average molecular weight is 330 g/mol. The molecule has 0 aromatic heterocycles. The number of benzene rings is 1. The normalized spacial score (nSPS) is 13.8. The quantitative estimate of drug-likeness (QED) is 0.781. The molecule has 1 aromatic carbocycles. The van der Waals surface area contributed by atoms with E-state index in [1.54, 1.807) is 19.1 Å². The van der Waals surface area contributed by atoms with Crippen molar-refractivity contribution in [3.8, 4) is 0 Å². The number of hydrogen-bond donors (Lipinski definition) is 2. The number of carboxylic acids is 1. The minimum absolute atomic E-state index is 0.0277. The van der Waals surface area contributed by atoms with Crippen LogP contribution in [0.3, 0.4) is 0 Å². The monoisotopic (exact) mass is 329 g/mol. The van der Waals surface area contributed by atoms with Crippen LogP contribution in [0.2, 0.25) is 5.02 Å². The Morgan fingerprint density at radius 1 is 1.43 bits per heavy atom. The van der Waals surface area contributed by atoms with Crippen molar-refractivity contribution in [2.24, 2.45) is 5.92 Å². The molecule has 1 rings (SSSR count). The number of nitrogens with one attached hydrogen (secondary N) is 1. The van der Waals surface area contributed by atoms with E-state index in [0.717, 1.165) is 4.90 Å². The number of carboxylic acid groups (broad SMARTS) is 1. The summed E-state index contributed by atoms with van der Waals surface area (Å²) in [4.78, 5) is 24.4. The number of rotatable bonds is 6. The number of thioether (sulfide) groups is 1. The van der Waals surface area contributed by atoms with Gasteiger partial charge in [0.25, 0.3) is 5.91 Å². The Kier molecular flexibility index (Phi) is 6.10. The topological polar surface area (TPSA) is 66.4 Å². The lowest BCUT2D eigenvalue weighted by Crippen LogP contribution is -2.51. The summed E-state index contributed by atoms with van der Waals surface area (Å²) in [5.74, 6) is -1.33. The number of amides is 1. The van der Waals surface area contributed by atoms with Crippen LogP contribution in [0.1, 0.15) is 37.6 Å². The van der Waals surface area contributed by atoms with Crippen LogP contribution in [0.5, 0.6) is 0 Å². The summed E-state index contributed by atoms with van der Waals surface area (Å²) < 4.78 is 0. The van der Waals surface area contributed by atoms with Crippen LogP contribution in [0.25, 0.3) is 0 Å². The van der Waals surface area contributed by atoms with Gasteiger partial charge in [0.1, 0.15) is 0 Å². The molecule has 0 radical (unpaired) electrons. The molecule has 0 saturated carbocycles. The highest BCUT2D eigenvalue weighted by atomic mass is 35.5. The van der Waals surface area contributed by atoms with Crippen molar-refractivity contribution in [1.82, 2.24) is 5.32 Å². The van der Waals surface area contributed by atoms with E-state index in [9.17, 15) is 9.59 Å². The Morgan fingerprint density at radius 2 is 2.05 bits per heavy atom. The first-order chi connectivity index (χ1) is 9.69. The van der Waals surface area contributed by atoms with Crippen LogP contribution in [-0.2, 0) is 4.79 Å². The second-order valence-corrected chi connectivity index (χ2v) is 6.73.